The highest BCUT2D eigenvalue weighted by atomic mass is 79.9. The molecular formula is C10H8BrClF3N. The van der Waals surface area contributed by atoms with Crippen LogP contribution >= 0.6 is 27.5 Å². The summed E-state index contributed by atoms with van der Waals surface area (Å²) in [5.41, 5.74) is -0.469. The smallest absolute Gasteiger partial charge is 0.380 e. The molecule has 0 saturated heterocycles. The lowest BCUT2D eigenvalue weighted by Crippen LogP contribution is -2.07. The molecule has 16 heavy (non-hydrogen) atoms. The van der Waals surface area contributed by atoms with Gasteiger partial charge < -0.3 is 5.32 Å². The van der Waals surface area contributed by atoms with Gasteiger partial charge in [-0.2, -0.15) is 13.2 Å². The number of anilines is 1. The summed E-state index contributed by atoms with van der Waals surface area (Å²) in [6.07, 6.45) is -4.40. The summed E-state index contributed by atoms with van der Waals surface area (Å²) in [4.78, 5) is 0. The van der Waals surface area contributed by atoms with Crippen molar-refractivity contribution >= 4 is 33.2 Å². The van der Waals surface area contributed by atoms with Crippen LogP contribution in [-0.4, -0.2) is 6.54 Å². The van der Waals surface area contributed by atoms with Crippen LogP contribution in [0.3, 0.4) is 0 Å². The zero-order chi connectivity index (χ0) is 12.3. The molecule has 0 atom stereocenters. The second kappa shape index (κ2) is 5.10. The van der Waals surface area contributed by atoms with Crippen LogP contribution in [-0.2, 0) is 6.18 Å². The van der Waals surface area contributed by atoms with Gasteiger partial charge in [-0.15, -0.1) is 0 Å². The van der Waals surface area contributed by atoms with E-state index >= 15 is 0 Å². The van der Waals surface area contributed by atoms with Crippen molar-refractivity contribution in [3.05, 3.63) is 39.8 Å². The monoisotopic (exact) mass is 313 g/mol. The highest BCUT2D eigenvalue weighted by Crippen LogP contribution is 2.33. The molecule has 0 amide bonds. The molecule has 1 aromatic rings. The van der Waals surface area contributed by atoms with Gasteiger partial charge in [0.15, 0.2) is 0 Å². The van der Waals surface area contributed by atoms with E-state index < -0.39 is 11.7 Å². The van der Waals surface area contributed by atoms with Crippen molar-refractivity contribution < 1.29 is 13.2 Å². The first-order valence-corrected chi connectivity index (χ1v) is 5.41. The lowest BCUT2D eigenvalue weighted by Gasteiger charge is -2.11. The van der Waals surface area contributed by atoms with Crippen molar-refractivity contribution in [2.75, 3.05) is 11.9 Å². The summed E-state index contributed by atoms with van der Waals surface area (Å²) in [6, 6.07) is 3.31. The molecule has 1 aromatic carbocycles. The van der Waals surface area contributed by atoms with Gasteiger partial charge in [0.05, 0.1) is 5.56 Å². The maximum Gasteiger partial charge on any atom is 0.416 e. The van der Waals surface area contributed by atoms with Crippen molar-refractivity contribution in [1.29, 1.82) is 0 Å². The van der Waals surface area contributed by atoms with E-state index in [4.69, 9.17) is 11.6 Å². The maximum absolute atomic E-state index is 12.4. The third-order valence-corrected chi connectivity index (χ3v) is 2.21. The van der Waals surface area contributed by atoms with Crippen molar-refractivity contribution in [3.8, 4) is 0 Å². The molecule has 0 radical (unpaired) electrons. The SMILES string of the molecule is C=C(Br)CNc1cc(Cl)cc(C(F)(F)F)c1. The molecule has 0 aliphatic carbocycles. The normalized spacial score (nSPS) is 11.3. The van der Waals surface area contributed by atoms with E-state index in [-0.39, 0.29) is 5.02 Å². The van der Waals surface area contributed by atoms with Gasteiger partial charge in [-0.05, 0) is 18.2 Å². The van der Waals surface area contributed by atoms with Gasteiger partial charge in [-0.1, -0.05) is 34.1 Å². The molecule has 0 spiro atoms. The molecule has 0 bridgehead atoms. The van der Waals surface area contributed by atoms with E-state index in [1.54, 1.807) is 0 Å². The molecule has 88 valence electrons. The van der Waals surface area contributed by atoms with Crippen LogP contribution in [0.25, 0.3) is 0 Å². The molecule has 0 aliphatic heterocycles. The summed E-state index contributed by atoms with van der Waals surface area (Å²) in [7, 11) is 0. The number of rotatable bonds is 3. The number of halogens is 5. The van der Waals surface area contributed by atoms with Gasteiger partial charge >= 0.3 is 6.18 Å². The van der Waals surface area contributed by atoms with Crippen molar-refractivity contribution in [2.24, 2.45) is 0 Å². The predicted molar refractivity (Wildman–Crippen MR) is 63.0 cm³/mol. The first-order chi connectivity index (χ1) is 7.29. The van der Waals surface area contributed by atoms with Gasteiger partial charge in [-0.25, -0.2) is 0 Å². The molecule has 6 heteroatoms. The molecule has 1 nitrogen and oxygen atoms in total. The van der Waals surface area contributed by atoms with Gasteiger partial charge in [0.2, 0.25) is 0 Å². The number of hydrogen-bond donors (Lipinski definition) is 1. The Morgan fingerprint density at radius 3 is 2.50 bits per heavy atom. The molecule has 1 rings (SSSR count). The quantitative estimate of drug-likeness (QED) is 0.854. The van der Waals surface area contributed by atoms with Crippen molar-refractivity contribution in [3.63, 3.8) is 0 Å². The third kappa shape index (κ3) is 4.06. The summed E-state index contributed by atoms with van der Waals surface area (Å²) in [6.45, 7) is 3.89. The molecule has 0 unspecified atom stereocenters. The molecule has 1 N–H and O–H groups in total. The number of nitrogens with one attached hydrogen (secondary N) is 1. The van der Waals surface area contributed by atoms with Crippen LogP contribution in [0.1, 0.15) is 5.56 Å². The average Bonchev–Trinajstić information content (AvgIpc) is 2.12. The van der Waals surface area contributed by atoms with Crippen LogP contribution in [0.5, 0.6) is 0 Å². The highest BCUT2D eigenvalue weighted by molar-refractivity contribution is 9.11. The Morgan fingerprint density at radius 1 is 1.38 bits per heavy atom. The van der Waals surface area contributed by atoms with E-state index in [9.17, 15) is 13.2 Å². The Labute approximate surface area is 104 Å². The summed E-state index contributed by atoms with van der Waals surface area (Å²) in [5.74, 6) is 0. The van der Waals surface area contributed by atoms with Gasteiger partial charge in [0.1, 0.15) is 0 Å². The second-order valence-corrected chi connectivity index (χ2v) is 4.66. The van der Waals surface area contributed by atoms with E-state index in [0.717, 1.165) is 12.1 Å². The Hall–Kier alpha value is -0.680. The number of benzene rings is 1. The van der Waals surface area contributed by atoms with Gasteiger partial charge in [-0.3, -0.25) is 0 Å². The first kappa shape index (κ1) is 13.4. The fourth-order valence-corrected chi connectivity index (χ4v) is 1.43. The summed E-state index contributed by atoms with van der Waals surface area (Å²) < 4.78 is 37.9. The van der Waals surface area contributed by atoms with Crippen LogP contribution in [0.2, 0.25) is 5.02 Å². The molecule has 0 saturated carbocycles. The minimum absolute atomic E-state index is 0.0394. The van der Waals surface area contributed by atoms with Crippen LogP contribution in [0.4, 0.5) is 18.9 Å². The largest absolute Gasteiger partial charge is 0.416 e. The molecule has 0 aromatic heterocycles. The number of hydrogen-bond acceptors (Lipinski definition) is 1. The molecule has 0 aliphatic rings. The average molecular weight is 315 g/mol. The zero-order valence-electron chi connectivity index (χ0n) is 8.04. The molecule has 0 fully saturated rings. The maximum atomic E-state index is 12.4. The molecular weight excluding hydrogens is 306 g/mol. The van der Waals surface area contributed by atoms with Gasteiger partial charge in [0.25, 0.3) is 0 Å². The lowest BCUT2D eigenvalue weighted by atomic mass is 10.2. The summed E-state index contributed by atoms with van der Waals surface area (Å²) >= 11 is 8.69. The fraction of sp³-hybridized carbons (Fsp3) is 0.200. The van der Waals surface area contributed by atoms with E-state index in [2.05, 4.69) is 27.8 Å². The summed E-state index contributed by atoms with van der Waals surface area (Å²) in [5, 5.41) is 2.81. The third-order valence-electron chi connectivity index (χ3n) is 1.71. The van der Waals surface area contributed by atoms with E-state index in [1.165, 1.54) is 6.07 Å². The number of alkyl halides is 3. The standard InChI is InChI=1S/C10H8BrClF3N/c1-6(11)5-16-9-3-7(10(13,14)15)2-8(12)4-9/h2-4,16H,1,5H2. The second-order valence-electron chi connectivity index (χ2n) is 3.10. The Morgan fingerprint density at radius 2 is 2.00 bits per heavy atom. The Bertz CT molecular complexity index is 404. The minimum atomic E-state index is -4.40. The van der Waals surface area contributed by atoms with Crippen molar-refractivity contribution in [1.82, 2.24) is 0 Å². The van der Waals surface area contributed by atoms with Crippen LogP contribution in [0.15, 0.2) is 29.3 Å². The fourth-order valence-electron chi connectivity index (χ4n) is 1.05. The Balaban J connectivity index is 2.94. The Kier molecular flexibility index (Phi) is 4.27. The van der Waals surface area contributed by atoms with Crippen LogP contribution in [0, 0.1) is 0 Å². The minimum Gasteiger partial charge on any atom is -0.380 e. The zero-order valence-corrected chi connectivity index (χ0v) is 10.4. The van der Waals surface area contributed by atoms with E-state index in [0.29, 0.717) is 16.7 Å². The molecule has 0 heterocycles. The topological polar surface area (TPSA) is 12.0 Å². The van der Waals surface area contributed by atoms with Crippen LogP contribution < -0.4 is 5.32 Å². The highest BCUT2D eigenvalue weighted by Gasteiger charge is 2.31. The van der Waals surface area contributed by atoms with Gasteiger partial charge in [0, 0.05) is 21.7 Å². The van der Waals surface area contributed by atoms with Crippen molar-refractivity contribution in [2.45, 2.75) is 6.18 Å². The predicted octanol–water partition coefficient (Wildman–Crippen LogP) is 4.68. The van der Waals surface area contributed by atoms with E-state index in [1.807, 2.05) is 0 Å². The first-order valence-electron chi connectivity index (χ1n) is 4.24. The lowest BCUT2D eigenvalue weighted by molar-refractivity contribution is -0.137.